The van der Waals surface area contributed by atoms with Crippen LogP contribution in [-0.4, -0.2) is 9.78 Å². The average molecular weight is 270 g/mol. The quantitative estimate of drug-likeness (QED) is 0.910. The summed E-state index contributed by atoms with van der Waals surface area (Å²) < 4.78 is 15.3. The smallest absolute Gasteiger partial charge is 0.137 e. The van der Waals surface area contributed by atoms with E-state index in [0.717, 1.165) is 5.56 Å². The zero-order chi connectivity index (χ0) is 10.8. The monoisotopic (exact) mass is 269 g/mol. The predicted octanol–water partition coefficient (Wildman–Crippen LogP) is 2.42. The first kappa shape index (κ1) is 10.2. The molecule has 0 aliphatic rings. The lowest BCUT2D eigenvalue weighted by Crippen LogP contribution is -2.05. The predicted molar refractivity (Wildman–Crippen MR) is 59.8 cm³/mol. The van der Waals surface area contributed by atoms with Crippen molar-refractivity contribution in [3.8, 4) is 0 Å². The van der Waals surface area contributed by atoms with E-state index < -0.39 is 0 Å². The van der Waals surface area contributed by atoms with E-state index in [-0.39, 0.29) is 5.82 Å². The molecule has 78 valence electrons. The average Bonchev–Trinajstić information content (AvgIpc) is 2.59. The first-order chi connectivity index (χ1) is 7.16. The minimum absolute atomic E-state index is 0.279. The lowest BCUT2D eigenvalue weighted by molar-refractivity contribution is 0.614. The molecule has 0 bridgehead atoms. The number of halogens is 2. The standard InChI is InChI=1S/C10H9BrFN3/c11-8-2-1-7(5-9(8)12)6-15-10(13)3-4-14-15/h1-5H,6,13H2. The molecular formula is C10H9BrFN3. The first-order valence-electron chi connectivity index (χ1n) is 4.38. The van der Waals surface area contributed by atoms with Crippen molar-refractivity contribution in [1.29, 1.82) is 0 Å². The van der Waals surface area contributed by atoms with Gasteiger partial charge in [-0.25, -0.2) is 9.07 Å². The maximum atomic E-state index is 13.2. The van der Waals surface area contributed by atoms with Gasteiger partial charge in [0, 0.05) is 0 Å². The highest BCUT2D eigenvalue weighted by Gasteiger charge is 2.03. The second-order valence-corrected chi connectivity index (χ2v) is 4.02. The van der Waals surface area contributed by atoms with Crippen LogP contribution in [-0.2, 0) is 6.54 Å². The Morgan fingerprint density at radius 3 is 2.80 bits per heavy atom. The van der Waals surface area contributed by atoms with Gasteiger partial charge < -0.3 is 5.73 Å². The number of anilines is 1. The largest absolute Gasteiger partial charge is 0.384 e. The summed E-state index contributed by atoms with van der Waals surface area (Å²) in [6, 6.07) is 6.67. The molecule has 1 aromatic heterocycles. The molecule has 1 heterocycles. The van der Waals surface area contributed by atoms with Gasteiger partial charge in [-0.3, -0.25) is 0 Å². The van der Waals surface area contributed by atoms with Gasteiger partial charge >= 0.3 is 0 Å². The number of benzene rings is 1. The number of nitrogen functional groups attached to an aromatic ring is 1. The van der Waals surface area contributed by atoms with Crippen LogP contribution in [0, 0.1) is 5.82 Å². The first-order valence-corrected chi connectivity index (χ1v) is 5.17. The minimum atomic E-state index is -0.279. The molecule has 0 saturated heterocycles. The molecular weight excluding hydrogens is 261 g/mol. The van der Waals surface area contributed by atoms with Crippen LogP contribution in [0.25, 0.3) is 0 Å². The summed E-state index contributed by atoms with van der Waals surface area (Å²) in [7, 11) is 0. The van der Waals surface area contributed by atoms with Gasteiger partial charge in [-0.2, -0.15) is 5.10 Å². The summed E-state index contributed by atoms with van der Waals surface area (Å²) in [4.78, 5) is 0. The second kappa shape index (κ2) is 4.02. The molecule has 0 spiro atoms. The zero-order valence-electron chi connectivity index (χ0n) is 7.82. The highest BCUT2D eigenvalue weighted by Crippen LogP contribution is 2.17. The van der Waals surface area contributed by atoms with Crippen LogP contribution in [0.15, 0.2) is 34.9 Å². The third-order valence-corrected chi connectivity index (χ3v) is 2.71. The molecule has 0 aliphatic carbocycles. The van der Waals surface area contributed by atoms with E-state index >= 15 is 0 Å². The highest BCUT2D eigenvalue weighted by atomic mass is 79.9. The van der Waals surface area contributed by atoms with Gasteiger partial charge in [-0.15, -0.1) is 0 Å². The van der Waals surface area contributed by atoms with Crippen molar-refractivity contribution < 1.29 is 4.39 Å². The molecule has 0 radical (unpaired) electrons. The maximum Gasteiger partial charge on any atom is 0.137 e. The second-order valence-electron chi connectivity index (χ2n) is 3.16. The Bertz CT molecular complexity index is 481. The van der Waals surface area contributed by atoms with E-state index in [2.05, 4.69) is 21.0 Å². The van der Waals surface area contributed by atoms with Crippen molar-refractivity contribution >= 4 is 21.7 Å². The van der Waals surface area contributed by atoms with E-state index in [4.69, 9.17) is 5.73 Å². The van der Waals surface area contributed by atoms with Crippen molar-refractivity contribution in [2.45, 2.75) is 6.54 Å². The topological polar surface area (TPSA) is 43.8 Å². The van der Waals surface area contributed by atoms with Gasteiger partial charge in [-0.05, 0) is 39.7 Å². The third kappa shape index (κ3) is 2.18. The van der Waals surface area contributed by atoms with Crippen molar-refractivity contribution in [2.75, 3.05) is 5.73 Å². The van der Waals surface area contributed by atoms with Gasteiger partial charge in [0.25, 0.3) is 0 Å². The Balaban J connectivity index is 2.25. The molecule has 2 N–H and O–H groups in total. The van der Waals surface area contributed by atoms with E-state index in [1.807, 2.05) is 6.07 Å². The van der Waals surface area contributed by atoms with Crippen LogP contribution in [0.2, 0.25) is 0 Å². The van der Waals surface area contributed by atoms with Crippen LogP contribution in [0.1, 0.15) is 5.56 Å². The van der Waals surface area contributed by atoms with Gasteiger partial charge in [0.15, 0.2) is 0 Å². The van der Waals surface area contributed by atoms with Crippen molar-refractivity contribution in [3.63, 3.8) is 0 Å². The van der Waals surface area contributed by atoms with Crippen LogP contribution < -0.4 is 5.73 Å². The Hall–Kier alpha value is -1.36. The summed E-state index contributed by atoms with van der Waals surface area (Å²) in [6.45, 7) is 0.475. The Kier molecular flexibility index (Phi) is 2.73. The number of aromatic nitrogens is 2. The molecule has 1 aromatic carbocycles. The maximum absolute atomic E-state index is 13.2. The van der Waals surface area contributed by atoms with Crippen LogP contribution in [0.4, 0.5) is 10.2 Å². The molecule has 2 rings (SSSR count). The van der Waals surface area contributed by atoms with Crippen molar-refractivity contribution in [3.05, 3.63) is 46.3 Å². The van der Waals surface area contributed by atoms with Gasteiger partial charge in [0.1, 0.15) is 11.6 Å². The van der Waals surface area contributed by atoms with Crippen LogP contribution in [0.3, 0.4) is 0 Å². The lowest BCUT2D eigenvalue weighted by atomic mass is 10.2. The van der Waals surface area contributed by atoms with Gasteiger partial charge in [-0.1, -0.05) is 6.07 Å². The van der Waals surface area contributed by atoms with E-state index in [0.29, 0.717) is 16.8 Å². The number of rotatable bonds is 2. The zero-order valence-corrected chi connectivity index (χ0v) is 9.41. The minimum Gasteiger partial charge on any atom is -0.384 e. The normalized spacial score (nSPS) is 10.5. The lowest BCUT2D eigenvalue weighted by Gasteiger charge is -2.04. The van der Waals surface area contributed by atoms with Gasteiger partial charge in [0.05, 0.1) is 17.2 Å². The number of nitrogens with zero attached hydrogens (tertiary/aromatic N) is 2. The summed E-state index contributed by atoms with van der Waals surface area (Å²) in [5, 5.41) is 4.02. The van der Waals surface area contributed by atoms with E-state index in [1.54, 1.807) is 23.0 Å². The Labute approximate surface area is 94.8 Å². The molecule has 0 saturated carbocycles. The number of nitrogens with two attached hydrogens (primary N) is 1. The Morgan fingerprint density at radius 1 is 1.40 bits per heavy atom. The van der Waals surface area contributed by atoms with E-state index in [1.165, 1.54) is 6.07 Å². The fraction of sp³-hybridized carbons (Fsp3) is 0.100. The molecule has 2 aromatic rings. The van der Waals surface area contributed by atoms with E-state index in [9.17, 15) is 4.39 Å². The fourth-order valence-electron chi connectivity index (χ4n) is 1.29. The Morgan fingerprint density at radius 2 is 2.20 bits per heavy atom. The third-order valence-electron chi connectivity index (χ3n) is 2.07. The SMILES string of the molecule is Nc1ccnn1Cc1ccc(Br)c(F)c1. The van der Waals surface area contributed by atoms with Gasteiger partial charge in [0.2, 0.25) is 0 Å². The molecule has 0 amide bonds. The molecule has 5 heteroatoms. The number of hydrogen-bond acceptors (Lipinski definition) is 2. The number of hydrogen-bond donors (Lipinski definition) is 1. The van der Waals surface area contributed by atoms with Crippen molar-refractivity contribution in [2.24, 2.45) is 0 Å². The van der Waals surface area contributed by atoms with Crippen LogP contribution >= 0.6 is 15.9 Å². The molecule has 0 atom stereocenters. The summed E-state index contributed by atoms with van der Waals surface area (Å²) in [5.41, 5.74) is 6.48. The fourth-order valence-corrected chi connectivity index (χ4v) is 1.53. The summed E-state index contributed by atoms with van der Waals surface area (Å²) in [5.74, 6) is 0.288. The summed E-state index contributed by atoms with van der Waals surface area (Å²) >= 11 is 3.10. The molecule has 0 aliphatic heterocycles. The molecule has 3 nitrogen and oxygen atoms in total. The molecule has 0 unspecified atom stereocenters. The molecule has 15 heavy (non-hydrogen) atoms. The molecule has 0 fully saturated rings. The summed E-state index contributed by atoms with van der Waals surface area (Å²) in [6.07, 6.45) is 1.62. The van der Waals surface area contributed by atoms with Crippen molar-refractivity contribution in [1.82, 2.24) is 9.78 Å². The highest BCUT2D eigenvalue weighted by molar-refractivity contribution is 9.10. The van der Waals surface area contributed by atoms with Crippen LogP contribution in [0.5, 0.6) is 0 Å².